The molecule has 5 rings (SSSR count). The number of halogens is 1. The maximum atomic E-state index is 12.6. The molecule has 3 aliphatic heterocycles. The van der Waals surface area contributed by atoms with E-state index in [2.05, 4.69) is 21.2 Å². The summed E-state index contributed by atoms with van der Waals surface area (Å²) in [4.78, 5) is 40.1. The van der Waals surface area contributed by atoms with Crippen LogP contribution in [0.15, 0.2) is 39.4 Å². The molecule has 1 aromatic heterocycles. The van der Waals surface area contributed by atoms with Crippen LogP contribution in [0.25, 0.3) is 0 Å². The van der Waals surface area contributed by atoms with E-state index in [1.807, 2.05) is 0 Å². The van der Waals surface area contributed by atoms with Crippen molar-refractivity contribution in [2.75, 3.05) is 42.7 Å². The predicted molar refractivity (Wildman–Crippen MR) is 110 cm³/mol. The minimum atomic E-state index is -0.580. The largest absolute Gasteiger partial charge is 0.489 e. The van der Waals surface area contributed by atoms with Crippen LogP contribution in [0.4, 0.5) is 16.2 Å². The van der Waals surface area contributed by atoms with Gasteiger partial charge >= 0.3 is 6.09 Å². The number of cyclic esters (lactones) is 1. The van der Waals surface area contributed by atoms with Crippen molar-refractivity contribution >= 4 is 45.2 Å². The Balaban J connectivity index is 1.30. The van der Waals surface area contributed by atoms with Crippen LogP contribution < -0.4 is 19.9 Å². The average molecular weight is 492 g/mol. The fourth-order valence-electron chi connectivity index (χ4n) is 3.87. The highest BCUT2D eigenvalue weighted by molar-refractivity contribution is 9.10. The van der Waals surface area contributed by atoms with Crippen LogP contribution in [0.5, 0.6) is 5.75 Å². The Morgan fingerprint density at radius 3 is 2.87 bits per heavy atom. The Labute approximate surface area is 185 Å². The monoisotopic (exact) mass is 491 g/mol. The first-order valence-corrected chi connectivity index (χ1v) is 10.5. The van der Waals surface area contributed by atoms with Crippen molar-refractivity contribution in [3.63, 3.8) is 0 Å². The molecule has 162 valence electrons. The number of furan rings is 1. The van der Waals surface area contributed by atoms with Gasteiger partial charge < -0.3 is 28.8 Å². The molecule has 11 heteroatoms. The molecular formula is C20H18BrN3O7. The number of ether oxygens (including phenoxy) is 3. The van der Waals surface area contributed by atoms with Gasteiger partial charge in [-0.1, -0.05) is 0 Å². The van der Waals surface area contributed by atoms with Crippen molar-refractivity contribution in [3.05, 3.63) is 40.8 Å². The molecule has 1 N–H and O–H groups in total. The Bertz CT molecular complexity index is 1060. The summed E-state index contributed by atoms with van der Waals surface area (Å²) >= 11 is 3.15. The summed E-state index contributed by atoms with van der Waals surface area (Å²) in [5.41, 5.74) is 1.25. The molecule has 0 spiro atoms. The average Bonchev–Trinajstić information content (AvgIpc) is 3.35. The molecule has 2 saturated heterocycles. The minimum Gasteiger partial charge on any atom is -0.489 e. The Hall–Kier alpha value is -3.05. The van der Waals surface area contributed by atoms with E-state index in [1.165, 1.54) is 4.90 Å². The lowest BCUT2D eigenvalue weighted by Gasteiger charge is -2.33. The molecule has 0 radical (unpaired) electrons. The van der Waals surface area contributed by atoms with E-state index < -0.39 is 18.1 Å². The molecule has 0 saturated carbocycles. The van der Waals surface area contributed by atoms with E-state index in [4.69, 9.17) is 18.6 Å². The van der Waals surface area contributed by atoms with Gasteiger partial charge in [0.05, 0.1) is 18.8 Å². The van der Waals surface area contributed by atoms with E-state index in [9.17, 15) is 14.4 Å². The number of carbonyl (C=O) groups excluding carboxylic acids is 3. The number of fused-ring (bicyclic) bond motifs is 3. The van der Waals surface area contributed by atoms with Gasteiger partial charge in [0.1, 0.15) is 31.1 Å². The molecule has 2 atom stereocenters. The fourth-order valence-corrected chi connectivity index (χ4v) is 4.18. The van der Waals surface area contributed by atoms with E-state index in [0.717, 1.165) is 0 Å². The van der Waals surface area contributed by atoms with Gasteiger partial charge in [-0.05, 0) is 40.2 Å². The van der Waals surface area contributed by atoms with E-state index in [-0.39, 0.29) is 37.5 Å². The van der Waals surface area contributed by atoms with Crippen LogP contribution in [0.3, 0.4) is 0 Å². The quantitative estimate of drug-likeness (QED) is 0.695. The van der Waals surface area contributed by atoms with Crippen LogP contribution in [0, 0.1) is 0 Å². The number of hydrogen-bond donors (Lipinski definition) is 1. The fraction of sp³-hybridized carbons (Fsp3) is 0.350. The first-order valence-electron chi connectivity index (χ1n) is 9.69. The maximum absolute atomic E-state index is 12.6. The number of morpholine rings is 1. The van der Waals surface area contributed by atoms with Gasteiger partial charge in [0.25, 0.3) is 11.8 Å². The topological polar surface area (TPSA) is 111 Å². The molecule has 2 aromatic rings. The molecular weight excluding hydrogens is 474 g/mol. The lowest BCUT2D eigenvalue weighted by molar-refractivity contribution is -0.125. The summed E-state index contributed by atoms with van der Waals surface area (Å²) in [5.74, 6) is 0.121. The molecule has 3 amide bonds. The number of rotatable bonds is 4. The van der Waals surface area contributed by atoms with Crippen molar-refractivity contribution in [1.29, 1.82) is 0 Å². The third-order valence-corrected chi connectivity index (χ3v) is 5.81. The number of carbonyl (C=O) groups is 3. The number of amides is 3. The van der Waals surface area contributed by atoms with E-state index in [1.54, 1.807) is 35.2 Å². The zero-order chi connectivity index (χ0) is 21.5. The first kappa shape index (κ1) is 19.9. The molecule has 4 heterocycles. The maximum Gasteiger partial charge on any atom is 0.415 e. The zero-order valence-electron chi connectivity index (χ0n) is 16.2. The van der Waals surface area contributed by atoms with Gasteiger partial charge in [-0.25, -0.2) is 4.79 Å². The SMILES string of the molecule is O=C(NC[C@@H]1OC(=O)N2c3ccc(N4CCOCC4=O)cc3OC[C@@H]12)c1ccc(Br)o1. The third kappa shape index (κ3) is 3.63. The molecule has 10 nitrogen and oxygen atoms in total. The highest BCUT2D eigenvalue weighted by Crippen LogP contribution is 2.41. The van der Waals surface area contributed by atoms with Gasteiger partial charge in [0.2, 0.25) is 0 Å². The van der Waals surface area contributed by atoms with Crippen LogP contribution in [0.2, 0.25) is 0 Å². The van der Waals surface area contributed by atoms with Gasteiger partial charge in [-0.2, -0.15) is 0 Å². The molecule has 1 aromatic carbocycles. The van der Waals surface area contributed by atoms with Crippen molar-refractivity contribution < 1.29 is 33.0 Å². The number of hydrogen-bond acceptors (Lipinski definition) is 7. The summed E-state index contributed by atoms with van der Waals surface area (Å²) < 4.78 is 22.2. The van der Waals surface area contributed by atoms with Crippen LogP contribution in [0.1, 0.15) is 10.6 Å². The highest BCUT2D eigenvalue weighted by Gasteiger charge is 2.46. The smallest absolute Gasteiger partial charge is 0.415 e. The standard InChI is InChI=1S/C20H18BrN3O7/c21-17-4-3-14(30-17)19(26)22-8-16-13-9-29-15-7-11(23-5-6-28-10-18(23)25)1-2-12(15)24(13)20(27)31-16/h1-4,7,13,16H,5-6,8-10H2,(H,22,26)/t13-,16-/m0/s1. The first-order chi connectivity index (χ1) is 15.0. The van der Waals surface area contributed by atoms with E-state index in [0.29, 0.717) is 34.9 Å². The zero-order valence-corrected chi connectivity index (χ0v) is 17.8. The summed E-state index contributed by atoms with van der Waals surface area (Å²) in [6.07, 6.45) is -1.09. The Morgan fingerprint density at radius 1 is 1.23 bits per heavy atom. The highest BCUT2D eigenvalue weighted by atomic mass is 79.9. The number of benzene rings is 1. The Morgan fingerprint density at radius 2 is 2.10 bits per heavy atom. The van der Waals surface area contributed by atoms with E-state index >= 15 is 0 Å². The van der Waals surface area contributed by atoms with Crippen molar-refractivity contribution in [2.24, 2.45) is 0 Å². The van der Waals surface area contributed by atoms with Crippen molar-refractivity contribution in [3.8, 4) is 5.75 Å². The summed E-state index contributed by atoms with van der Waals surface area (Å²) in [5, 5.41) is 2.72. The molecule has 31 heavy (non-hydrogen) atoms. The minimum absolute atomic E-state index is 0.0425. The van der Waals surface area contributed by atoms with Crippen LogP contribution in [-0.4, -0.2) is 63.0 Å². The lowest BCUT2D eigenvalue weighted by Crippen LogP contribution is -2.48. The second-order valence-corrected chi connectivity index (χ2v) is 8.02. The second kappa shape index (κ2) is 7.89. The van der Waals surface area contributed by atoms with Gasteiger partial charge in [-0.15, -0.1) is 0 Å². The van der Waals surface area contributed by atoms with Gasteiger partial charge in [0.15, 0.2) is 10.4 Å². The van der Waals surface area contributed by atoms with Gasteiger partial charge in [0, 0.05) is 18.3 Å². The molecule has 0 unspecified atom stereocenters. The summed E-state index contributed by atoms with van der Waals surface area (Å²) in [6, 6.07) is 8.03. The summed E-state index contributed by atoms with van der Waals surface area (Å²) in [6.45, 7) is 1.28. The molecule has 2 fully saturated rings. The number of anilines is 2. The number of nitrogens with zero attached hydrogens (tertiary/aromatic N) is 2. The molecule has 0 aliphatic carbocycles. The van der Waals surface area contributed by atoms with Crippen LogP contribution in [-0.2, 0) is 14.3 Å². The van der Waals surface area contributed by atoms with Crippen LogP contribution >= 0.6 is 15.9 Å². The van der Waals surface area contributed by atoms with Crippen molar-refractivity contribution in [2.45, 2.75) is 12.1 Å². The normalized spacial score (nSPS) is 22.5. The predicted octanol–water partition coefficient (Wildman–Crippen LogP) is 1.92. The van der Waals surface area contributed by atoms with Crippen molar-refractivity contribution in [1.82, 2.24) is 5.32 Å². The summed E-state index contributed by atoms with van der Waals surface area (Å²) in [7, 11) is 0. The third-order valence-electron chi connectivity index (χ3n) is 5.38. The molecule has 3 aliphatic rings. The lowest BCUT2D eigenvalue weighted by atomic mass is 10.1. The number of nitrogens with one attached hydrogen (secondary N) is 1. The second-order valence-electron chi connectivity index (χ2n) is 7.23. The van der Waals surface area contributed by atoms with Gasteiger partial charge in [-0.3, -0.25) is 14.5 Å². The Kier molecular flexibility index (Phi) is 5.06. The molecule has 0 bridgehead atoms.